The molecule has 0 fully saturated rings. The monoisotopic (exact) mass is 263 g/mol. The van der Waals surface area contributed by atoms with E-state index in [0.29, 0.717) is 0 Å². The minimum Gasteiger partial charge on any atom is -0.496 e. The van der Waals surface area contributed by atoms with Crippen LogP contribution < -0.4 is 10.5 Å². The van der Waals surface area contributed by atoms with Crippen LogP contribution in [0, 0.1) is 0 Å². The van der Waals surface area contributed by atoms with E-state index in [4.69, 9.17) is 10.5 Å². The van der Waals surface area contributed by atoms with Crippen molar-refractivity contribution in [3.8, 4) is 5.75 Å². The first-order chi connectivity index (χ1) is 8.72. The van der Waals surface area contributed by atoms with E-state index < -0.39 is 0 Å². The highest BCUT2D eigenvalue weighted by Crippen LogP contribution is 2.27. The van der Waals surface area contributed by atoms with Crippen molar-refractivity contribution in [1.82, 2.24) is 9.55 Å². The first-order valence-corrected chi connectivity index (χ1v) is 6.69. The molecule has 1 aromatic carbocycles. The number of benzene rings is 1. The van der Waals surface area contributed by atoms with Gasteiger partial charge >= 0.3 is 0 Å². The van der Waals surface area contributed by atoms with Gasteiger partial charge in [-0.05, 0) is 6.07 Å². The van der Waals surface area contributed by atoms with Gasteiger partial charge in [0.1, 0.15) is 5.75 Å². The molecule has 0 bridgehead atoms. The van der Waals surface area contributed by atoms with Crippen LogP contribution in [0.15, 0.2) is 41.8 Å². The van der Waals surface area contributed by atoms with Crippen LogP contribution in [0.1, 0.15) is 11.6 Å². The maximum atomic E-state index is 6.20. The summed E-state index contributed by atoms with van der Waals surface area (Å²) in [5.41, 5.74) is 7.23. The smallest absolute Gasteiger partial charge is 0.167 e. The molecule has 5 heteroatoms. The summed E-state index contributed by atoms with van der Waals surface area (Å²) in [5, 5.41) is 0.973. The molecule has 0 aliphatic heterocycles. The van der Waals surface area contributed by atoms with Crippen molar-refractivity contribution in [1.29, 1.82) is 0 Å². The van der Waals surface area contributed by atoms with Crippen LogP contribution in [0.5, 0.6) is 5.75 Å². The quantitative estimate of drug-likeness (QED) is 0.840. The van der Waals surface area contributed by atoms with Gasteiger partial charge in [-0.1, -0.05) is 30.0 Å². The van der Waals surface area contributed by atoms with Crippen molar-refractivity contribution in [2.24, 2.45) is 12.8 Å². The van der Waals surface area contributed by atoms with E-state index in [1.165, 1.54) is 0 Å². The number of nitrogens with zero attached hydrogens (tertiary/aromatic N) is 2. The molecule has 18 heavy (non-hydrogen) atoms. The summed E-state index contributed by atoms with van der Waals surface area (Å²) in [5.74, 6) is 1.61. The van der Waals surface area contributed by atoms with Crippen molar-refractivity contribution in [2.45, 2.75) is 11.2 Å². The Morgan fingerprint density at radius 2 is 2.22 bits per heavy atom. The molecule has 1 heterocycles. The Bertz CT molecular complexity index is 512. The van der Waals surface area contributed by atoms with E-state index >= 15 is 0 Å². The van der Waals surface area contributed by atoms with E-state index in [1.54, 1.807) is 25.1 Å². The topological polar surface area (TPSA) is 53.1 Å². The van der Waals surface area contributed by atoms with Gasteiger partial charge in [0.05, 0.1) is 7.11 Å². The number of nitrogens with two attached hydrogens (primary N) is 1. The Hall–Kier alpha value is -1.46. The standard InChI is InChI=1S/C13H17N3OS/c1-16-8-7-15-13(16)18-9-11(14)10-5-3-4-6-12(10)17-2/h3-8,11H,9,14H2,1-2H3. The van der Waals surface area contributed by atoms with Crippen LogP contribution in [0.3, 0.4) is 0 Å². The molecule has 96 valence electrons. The molecule has 2 N–H and O–H groups in total. The fraction of sp³-hybridized carbons (Fsp3) is 0.308. The number of hydrogen-bond acceptors (Lipinski definition) is 4. The highest BCUT2D eigenvalue weighted by Gasteiger charge is 2.12. The fourth-order valence-electron chi connectivity index (χ4n) is 1.72. The van der Waals surface area contributed by atoms with E-state index in [1.807, 2.05) is 42.1 Å². The number of methoxy groups -OCH3 is 1. The normalized spacial score (nSPS) is 12.4. The lowest BCUT2D eigenvalue weighted by molar-refractivity contribution is 0.407. The second kappa shape index (κ2) is 5.93. The first-order valence-electron chi connectivity index (χ1n) is 5.71. The van der Waals surface area contributed by atoms with Crippen LogP contribution >= 0.6 is 11.8 Å². The molecule has 0 aliphatic carbocycles. The summed E-state index contributed by atoms with van der Waals surface area (Å²) >= 11 is 1.65. The van der Waals surface area contributed by atoms with Gasteiger partial charge in [-0.2, -0.15) is 0 Å². The molecule has 2 rings (SSSR count). The zero-order chi connectivity index (χ0) is 13.0. The predicted octanol–water partition coefficient (Wildman–Crippen LogP) is 2.22. The van der Waals surface area contributed by atoms with Crippen molar-refractivity contribution in [3.63, 3.8) is 0 Å². The number of imidazole rings is 1. The maximum absolute atomic E-state index is 6.20. The number of aromatic nitrogens is 2. The van der Waals surface area contributed by atoms with Crippen LogP contribution in [-0.2, 0) is 7.05 Å². The average Bonchev–Trinajstić information content (AvgIpc) is 2.81. The molecular formula is C13H17N3OS. The summed E-state index contributed by atoms with van der Waals surface area (Å²) < 4.78 is 7.30. The molecule has 1 atom stereocenters. The molecule has 4 nitrogen and oxygen atoms in total. The van der Waals surface area contributed by atoms with Crippen LogP contribution in [0.2, 0.25) is 0 Å². The number of ether oxygens (including phenoxy) is 1. The Morgan fingerprint density at radius 1 is 1.44 bits per heavy atom. The van der Waals surface area contributed by atoms with E-state index in [2.05, 4.69) is 4.98 Å². The van der Waals surface area contributed by atoms with Gasteiger partial charge in [0, 0.05) is 36.8 Å². The molecule has 1 unspecified atom stereocenters. The third-order valence-electron chi connectivity index (χ3n) is 2.71. The number of hydrogen-bond donors (Lipinski definition) is 1. The van der Waals surface area contributed by atoms with E-state index in [-0.39, 0.29) is 6.04 Å². The highest BCUT2D eigenvalue weighted by atomic mass is 32.2. The summed E-state index contributed by atoms with van der Waals surface area (Å²) in [7, 11) is 3.64. The molecule has 0 spiro atoms. The Labute approximate surface area is 111 Å². The molecule has 0 aliphatic rings. The maximum Gasteiger partial charge on any atom is 0.167 e. The lowest BCUT2D eigenvalue weighted by atomic mass is 10.1. The summed E-state index contributed by atoms with van der Waals surface area (Å²) in [6, 6.07) is 7.79. The molecular weight excluding hydrogens is 246 g/mol. The highest BCUT2D eigenvalue weighted by molar-refractivity contribution is 7.99. The van der Waals surface area contributed by atoms with Gasteiger partial charge in [-0.25, -0.2) is 4.98 Å². The van der Waals surface area contributed by atoms with Gasteiger partial charge in [0.15, 0.2) is 5.16 Å². The minimum atomic E-state index is -0.0668. The zero-order valence-electron chi connectivity index (χ0n) is 10.5. The van der Waals surface area contributed by atoms with Crippen molar-refractivity contribution in [3.05, 3.63) is 42.2 Å². The SMILES string of the molecule is COc1ccccc1C(N)CSc1nccn1C. The van der Waals surface area contributed by atoms with Gasteiger partial charge in [0.2, 0.25) is 0 Å². The number of aryl methyl sites for hydroxylation is 1. The van der Waals surface area contributed by atoms with E-state index in [0.717, 1.165) is 22.2 Å². The molecule has 1 aromatic heterocycles. The Kier molecular flexibility index (Phi) is 4.28. The molecule has 2 aromatic rings. The van der Waals surface area contributed by atoms with Gasteiger partial charge in [0.25, 0.3) is 0 Å². The molecule has 0 saturated carbocycles. The van der Waals surface area contributed by atoms with Gasteiger partial charge in [-0.3, -0.25) is 0 Å². The van der Waals surface area contributed by atoms with Crippen molar-refractivity contribution < 1.29 is 4.74 Å². The lowest BCUT2D eigenvalue weighted by Crippen LogP contribution is -2.14. The second-order valence-electron chi connectivity index (χ2n) is 3.98. The zero-order valence-corrected chi connectivity index (χ0v) is 11.4. The van der Waals surface area contributed by atoms with Crippen molar-refractivity contribution in [2.75, 3.05) is 12.9 Å². The van der Waals surface area contributed by atoms with Crippen LogP contribution in [0.4, 0.5) is 0 Å². The average molecular weight is 263 g/mol. The van der Waals surface area contributed by atoms with E-state index in [9.17, 15) is 0 Å². The Balaban J connectivity index is 2.03. The number of rotatable bonds is 5. The third-order valence-corrected chi connectivity index (χ3v) is 3.88. The van der Waals surface area contributed by atoms with Gasteiger partial charge in [-0.15, -0.1) is 0 Å². The number of thioether (sulfide) groups is 1. The lowest BCUT2D eigenvalue weighted by Gasteiger charge is -2.14. The van der Waals surface area contributed by atoms with Crippen molar-refractivity contribution >= 4 is 11.8 Å². The fourth-order valence-corrected chi connectivity index (χ4v) is 2.63. The second-order valence-corrected chi connectivity index (χ2v) is 4.97. The minimum absolute atomic E-state index is 0.0668. The van der Waals surface area contributed by atoms with Crippen LogP contribution in [0.25, 0.3) is 0 Å². The molecule has 0 amide bonds. The largest absolute Gasteiger partial charge is 0.496 e. The Morgan fingerprint density at radius 3 is 2.89 bits per heavy atom. The first kappa shape index (κ1) is 13.0. The number of para-hydroxylation sites is 1. The third kappa shape index (κ3) is 2.86. The molecule has 0 radical (unpaired) electrons. The molecule has 0 saturated heterocycles. The predicted molar refractivity (Wildman–Crippen MR) is 73.9 cm³/mol. The summed E-state index contributed by atoms with van der Waals surface area (Å²) in [6.07, 6.45) is 3.72. The summed E-state index contributed by atoms with van der Waals surface area (Å²) in [4.78, 5) is 4.26. The van der Waals surface area contributed by atoms with Gasteiger partial charge < -0.3 is 15.0 Å². The summed E-state index contributed by atoms with van der Waals surface area (Å²) in [6.45, 7) is 0. The van der Waals surface area contributed by atoms with Crippen LogP contribution in [-0.4, -0.2) is 22.4 Å².